The maximum absolute atomic E-state index is 12.1. The van der Waals surface area contributed by atoms with Gasteiger partial charge in [-0.05, 0) is 30.9 Å². The number of amides is 1. The maximum Gasteiger partial charge on any atom is 0.222 e. The van der Waals surface area contributed by atoms with Crippen LogP contribution in [0.2, 0.25) is 0 Å². The van der Waals surface area contributed by atoms with Gasteiger partial charge in [0.15, 0.2) is 0 Å². The molecule has 1 aliphatic rings. The van der Waals surface area contributed by atoms with Crippen molar-refractivity contribution in [3.05, 3.63) is 35.4 Å². The minimum Gasteiger partial charge on any atom is -0.342 e. The Labute approximate surface area is 126 Å². The van der Waals surface area contributed by atoms with E-state index in [-0.39, 0.29) is 0 Å². The highest BCUT2D eigenvalue weighted by Gasteiger charge is 2.22. The third kappa shape index (κ3) is 4.02. The molecule has 0 aromatic heterocycles. The molecule has 0 spiro atoms. The second kappa shape index (κ2) is 7.72. The molecule has 1 fully saturated rings. The molecule has 1 aliphatic heterocycles. The van der Waals surface area contributed by atoms with Crippen LogP contribution in [0.1, 0.15) is 49.0 Å². The lowest BCUT2D eigenvalue weighted by Crippen LogP contribution is -2.32. The number of carbonyl (C=O) groups excluding carboxylic acids is 1. The van der Waals surface area contributed by atoms with Crippen LogP contribution < -0.4 is 0 Å². The summed E-state index contributed by atoms with van der Waals surface area (Å²) in [5, 5.41) is 0.542. The minimum atomic E-state index is 0.345. The predicted molar refractivity (Wildman–Crippen MR) is 87.1 cm³/mol. The molecule has 2 rings (SSSR count). The molecule has 0 aliphatic carbocycles. The standard InChI is InChI=1S/C17H25NOS/c1-3-4-9-17(19)18-11-10-16(20-13-12-18)15-8-6-5-7-14(15)2/h5-8,16H,3-4,9-13H2,1-2H3. The molecule has 3 heteroatoms. The number of thioether (sulfide) groups is 1. The number of hydrogen-bond acceptors (Lipinski definition) is 2. The Morgan fingerprint density at radius 2 is 2.15 bits per heavy atom. The van der Waals surface area contributed by atoms with Gasteiger partial charge >= 0.3 is 0 Å². The Bertz CT molecular complexity index is 446. The van der Waals surface area contributed by atoms with Crippen molar-refractivity contribution in [2.75, 3.05) is 18.8 Å². The number of hydrogen-bond donors (Lipinski definition) is 0. The summed E-state index contributed by atoms with van der Waals surface area (Å²) in [7, 11) is 0. The number of aryl methyl sites for hydroxylation is 1. The molecule has 1 atom stereocenters. The van der Waals surface area contributed by atoms with E-state index in [9.17, 15) is 4.79 Å². The van der Waals surface area contributed by atoms with E-state index in [4.69, 9.17) is 0 Å². The van der Waals surface area contributed by atoms with Gasteiger partial charge in [-0.15, -0.1) is 0 Å². The predicted octanol–water partition coefficient (Wildman–Crippen LogP) is 4.19. The zero-order valence-corrected chi connectivity index (χ0v) is 13.4. The van der Waals surface area contributed by atoms with Crippen molar-refractivity contribution in [3.63, 3.8) is 0 Å². The summed E-state index contributed by atoms with van der Waals surface area (Å²) in [6, 6.07) is 8.64. The van der Waals surface area contributed by atoms with E-state index in [1.807, 2.05) is 11.8 Å². The number of carbonyl (C=O) groups is 1. The van der Waals surface area contributed by atoms with Crippen LogP contribution in [0.3, 0.4) is 0 Å². The molecule has 1 aromatic rings. The molecule has 2 nitrogen and oxygen atoms in total. The Hall–Kier alpha value is -0.960. The number of benzene rings is 1. The van der Waals surface area contributed by atoms with E-state index in [1.54, 1.807) is 0 Å². The summed E-state index contributed by atoms with van der Waals surface area (Å²) in [6.45, 7) is 6.15. The van der Waals surface area contributed by atoms with Crippen molar-refractivity contribution in [2.45, 2.75) is 44.8 Å². The second-order valence-electron chi connectivity index (χ2n) is 5.49. The lowest BCUT2D eigenvalue weighted by molar-refractivity contribution is -0.131. The third-order valence-electron chi connectivity index (χ3n) is 3.97. The average Bonchev–Trinajstić information content (AvgIpc) is 2.71. The van der Waals surface area contributed by atoms with Gasteiger partial charge in [0.25, 0.3) is 0 Å². The van der Waals surface area contributed by atoms with Gasteiger partial charge in [-0.1, -0.05) is 37.6 Å². The first-order valence-corrected chi connectivity index (χ1v) is 8.72. The van der Waals surface area contributed by atoms with Crippen LogP contribution in [0.15, 0.2) is 24.3 Å². The van der Waals surface area contributed by atoms with Gasteiger partial charge in [0.1, 0.15) is 0 Å². The minimum absolute atomic E-state index is 0.345. The molecule has 1 unspecified atom stereocenters. The molecule has 0 bridgehead atoms. The van der Waals surface area contributed by atoms with Gasteiger partial charge in [-0.2, -0.15) is 11.8 Å². The van der Waals surface area contributed by atoms with Crippen molar-refractivity contribution in [3.8, 4) is 0 Å². The highest BCUT2D eigenvalue weighted by atomic mass is 32.2. The van der Waals surface area contributed by atoms with Gasteiger partial charge in [0.2, 0.25) is 5.91 Å². The molecule has 0 saturated carbocycles. The van der Waals surface area contributed by atoms with Crippen LogP contribution in [0.4, 0.5) is 0 Å². The van der Waals surface area contributed by atoms with Gasteiger partial charge in [-0.25, -0.2) is 0 Å². The van der Waals surface area contributed by atoms with Gasteiger partial charge in [-0.3, -0.25) is 4.79 Å². The Morgan fingerprint density at radius 1 is 1.35 bits per heavy atom. The summed E-state index contributed by atoms with van der Waals surface area (Å²) in [6.07, 6.45) is 3.91. The summed E-state index contributed by atoms with van der Waals surface area (Å²) >= 11 is 2.00. The van der Waals surface area contributed by atoms with Crippen LogP contribution in [0.5, 0.6) is 0 Å². The molecular formula is C17H25NOS. The highest BCUT2D eigenvalue weighted by Crippen LogP contribution is 2.35. The maximum atomic E-state index is 12.1. The molecule has 1 saturated heterocycles. The fourth-order valence-electron chi connectivity index (χ4n) is 2.70. The first kappa shape index (κ1) is 15.4. The van der Waals surface area contributed by atoms with Gasteiger partial charge < -0.3 is 4.90 Å². The van der Waals surface area contributed by atoms with Gasteiger partial charge in [0, 0.05) is 30.5 Å². The summed E-state index contributed by atoms with van der Waals surface area (Å²) in [4.78, 5) is 14.2. The Morgan fingerprint density at radius 3 is 2.90 bits per heavy atom. The van der Waals surface area contributed by atoms with Crippen molar-refractivity contribution >= 4 is 17.7 Å². The van der Waals surface area contributed by atoms with Crippen molar-refractivity contribution < 1.29 is 4.79 Å². The fourth-order valence-corrected chi connectivity index (χ4v) is 4.03. The van der Waals surface area contributed by atoms with E-state index >= 15 is 0 Å². The summed E-state index contributed by atoms with van der Waals surface area (Å²) in [5.41, 5.74) is 2.82. The van der Waals surface area contributed by atoms with Crippen molar-refractivity contribution in [1.29, 1.82) is 0 Å². The molecule has 110 valence electrons. The topological polar surface area (TPSA) is 20.3 Å². The second-order valence-corrected chi connectivity index (χ2v) is 6.80. The van der Waals surface area contributed by atoms with Crippen molar-refractivity contribution in [1.82, 2.24) is 4.90 Å². The lowest BCUT2D eigenvalue weighted by Gasteiger charge is -2.20. The van der Waals surface area contributed by atoms with Crippen LogP contribution in [0, 0.1) is 6.92 Å². The fraction of sp³-hybridized carbons (Fsp3) is 0.588. The van der Waals surface area contributed by atoms with E-state index < -0.39 is 0 Å². The van der Waals surface area contributed by atoms with E-state index in [1.165, 1.54) is 11.1 Å². The monoisotopic (exact) mass is 291 g/mol. The largest absolute Gasteiger partial charge is 0.342 e. The Balaban J connectivity index is 1.95. The van der Waals surface area contributed by atoms with Gasteiger partial charge in [0.05, 0.1) is 0 Å². The lowest BCUT2D eigenvalue weighted by atomic mass is 10.0. The molecular weight excluding hydrogens is 266 g/mol. The van der Waals surface area contributed by atoms with E-state index in [2.05, 4.69) is 43.0 Å². The molecule has 1 aromatic carbocycles. The molecule has 0 N–H and O–H groups in total. The SMILES string of the molecule is CCCCC(=O)N1CCSC(c2ccccc2C)CC1. The van der Waals surface area contributed by atoms with E-state index in [0.717, 1.165) is 44.5 Å². The smallest absolute Gasteiger partial charge is 0.222 e. The van der Waals surface area contributed by atoms with Crippen LogP contribution in [-0.2, 0) is 4.79 Å². The quantitative estimate of drug-likeness (QED) is 0.829. The first-order valence-electron chi connectivity index (χ1n) is 7.67. The van der Waals surface area contributed by atoms with Crippen LogP contribution in [0.25, 0.3) is 0 Å². The molecule has 1 amide bonds. The normalized spacial score (nSPS) is 19.7. The zero-order chi connectivity index (χ0) is 14.4. The third-order valence-corrected chi connectivity index (χ3v) is 5.28. The average molecular weight is 291 g/mol. The summed E-state index contributed by atoms with van der Waals surface area (Å²) < 4.78 is 0. The van der Waals surface area contributed by atoms with E-state index in [0.29, 0.717) is 11.2 Å². The molecule has 0 radical (unpaired) electrons. The van der Waals surface area contributed by atoms with Crippen molar-refractivity contribution in [2.24, 2.45) is 0 Å². The van der Waals surface area contributed by atoms with Crippen LogP contribution in [-0.4, -0.2) is 29.6 Å². The summed E-state index contributed by atoms with van der Waals surface area (Å²) in [5.74, 6) is 1.40. The number of nitrogens with zero attached hydrogens (tertiary/aromatic N) is 1. The molecule has 1 heterocycles. The Kier molecular flexibility index (Phi) is 5.96. The molecule has 20 heavy (non-hydrogen) atoms. The zero-order valence-electron chi connectivity index (χ0n) is 12.6. The number of unbranched alkanes of at least 4 members (excludes halogenated alkanes) is 1. The van der Waals surface area contributed by atoms with Crippen LogP contribution >= 0.6 is 11.8 Å². The first-order chi connectivity index (χ1) is 9.72. The highest BCUT2D eigenvalue weighted by molar-refractivity contribution is 7.99. The number of rotatable bonds is 4.